The van der Waals surface area contributed by atoms with Crippen molar-refractivity contribution in [2.45, 2.75) is 59.5 Å². The van der Waals surface area contributed by atoms with Crippen LogP contribution >= 0.6 is 0 Å². The Morgan fingerprint density at radius 2 is 2.03 bits per heavy atom. The molecule has 1 saturated carbocycles. The third-order valence-corrected chi connectivity index (χ3v) is 6.05. The van der Waals surface area contributed by atoms with Crippen LogP contribution in [0.3, 0.4) is 0 Å². The molecular formula is C22H29N3O4. The summed E-state index contributed by atoms with van der Waals surface area (Å²) in [6.07, 6.45) is 3.24. The van der Waals surface area contributed by atoms with Gasteiger partial charge in [-0.2, -0.15) is 0 Å². The maximum Gasteiger partial charge on any atom is 0.338 e. The first-order chi connectivity index (χ1) is 13.8. The summed E-state index contributed by atoms with van der Waals surface area (Å²) in [5.74, 6) is 0.125. The Kier molecular flexibility index (Phi) is 6.35. The molecule has 1 heterocycles. The molecule has 156 valence electrons. The summed E-state index contributed by atoms with van der Waals surface area (Å²) in [4.78, 5) is 41.1. The molecule has 0 saturated heterocycles. The van der Waals surface area contributed by atoms with E-state index in [0.29, 0.717) is 40.7 Å². The van der Waals surface area contributed by atoms with Crippen molar-refractivity contribution in [3.05, 3.63) is 39.8 Å². The van der Waals surface area contributed by atoms with Gasteiger partial charge in [-0.05, 0) is 50.3 Å². The first-order valence-electron chi connectivity index (χ1n) is 10.3. The van der Waals surface area contributed by atoms with Gasteiger partial charge >= 0.3 is 5.97 Å². The van der Waals surface area contributed by atoms with Crippen LogP contribution in [0.15, 0.2) is 23.0 Å². The van der Waals surface area contributed by atoms with Crippen molar-refractivity contribution in [2.75, 3.05) is 6.61 Å². The van der Waals surface area contributed by atoms with E-state index in [2.05, 4.69) is 24.1 Å². The summed E-state index contributed by atoms with van der Waals surface area (Å²) in [5, 5.41) is 3.00. The van der Waals surface area contributed by atoms with Crippen molar-refractivity contribution >= 4 is 22.9 Å². The number of hydrogen-bond donors (Lipinski definition) is 1. The van der Waals surface area contributed by atoms with Crippen LogP contribution in [0.1, 0.15) is 56.1 Å². The molecule has 1 aromatic carbocycles. The molecule has 0 bridgehead atoms. The zero-order chi connectivity index (χ0) is 21.1. The van der Waals surface area contributed by atoms with Gasteiger partial charge in [0, 0.05) is 12.6 Å². The summed E-state index contributed by atoms with van der Waals surface area (Å²) >= 11 is 0. The fourth-order valence-electron chi connectivity index (χ4n) is 4.06. The molecule has 0 radical (unpaired) electrons. The highest BCUT2D eigenvalue weighted by Gasteiger charge is 2.28. The van der Waals surface area contributed by atoms with Crippen LogP contribution in [0.4, 0.5) is 0 Å². The molecule has 0 unspecified atom stereocenters. The average Bonchev–Trinajstić information content (AvgIpc) is 2.70. The Labute approximate surface area is 170 Å². The summed E-state index contributed by atoms with van der Waals surface area (Å²) in [5.41, 5.74) is 1.75. The van der Waals surface area contributed by atoms with Gasteiger partial charge in [-0.25, -0.2) is 9.78 Å². The maximum absolute atomic E-state index is 12.4. The van der Waals surface area contributed by atoms with Crippen LogP contribution in [-0.2, 0) is 16.1 Å². The molecule has 1 amide bonds. The predicted octanol–water partition coefficient (Wildman–Crippen LogP) is 2.82. The second kappa shape index (κ2) is 8.76. The summed E-state index contributed by atoms with van der Waals surface area (Å²) in [6, 6.07) is 5.01. The Bertz CT molecular complexity index is 982. The van der Waals surface area contributed by atoms with Gasteiger partial charge in [-0.15, -0.1) is 0 Å². The van der Waals surface area contributed by atoms with E-state index in [1.807, 2.05) is 6.92 Å². The molecule has 1 fully saturated rings. The van der Waals surface area contributed by atoms with E-state index in [1.165, 1.54) is 6.42 Å². The van der Waals surface area contributed by atoms with Crippen molar-refractivity contribution in [2.24, 2.45) is 11.8 Å². The van der Waals surface area contributed by atoms with Gasteiger partial charge in [0.15, 0.2) is 6.61 Å². The van der Waals surface area contributed by atoms with Gasteiger partial charge in [0.25, 0.3) is 11.5 Å². The number of fused-ring (bicyclic) bond motifs is 1. The van der Waals surface area contributed by atoms with Crippen molar-refractivity contribution in [3.63, 3.8) is 0 Å². The van der Waals surface area contributed by atoms with Gasteiger partial charge in [0.05, 0.1) is 16.6 Å². The first kappa shape index (κ1) is 21.0. The maximum atomic E-state index is 12.4. The molecule has 0 spiro atoms. The topological polar surface area (TPSA) is 90.3 Å². The average molecular weight is 399 g/mol. The molecule has 1 aromatic heterocycles. The second-order valence-corrected chi connectivity index (χ2v) is 7.97. The van der Waals surface area contributed by atoms with E-state index >= 15 is 0 Å². The standard InChI is InChI=1S/C22H29N3O4/c1-5-25-19-10-9-16(11-18(19)23-15(4)21(25)27)22(28)29-12-20(26)24-17-8-6-7-13(2)14(17)3/h9-11,13-14,17H,5-8,12H2,1-4H3,(H,24,26)/t13-,14-,17-/m0/s1. The number of carbonyl (C=O) groups is 2. The van der Waals surface area contributed by atoms with Gasteiger partial charge in [-0.1, -0.05) is 26.7 Å². The third-order valence-electron chi connectivity index (χ3n) is 6.05. The fraction of sp³-hybridized carbons (Fsp3) is 0.545. The normalized spacial score (nSPS) is 21.7. The molecule has 2 aromatic rings. The molecule has 7 heteroatoms. The minimum absolute atomic E-state index is 0.128. The molecule has 29 heavy (non-hydrogen) atoms. The zero-order valence-corrected chi connectivity index (χ0v) is 17.5. The SMILES string of the molecule is CCn1c(=O)c(C)nc2cc(C(=O)OCC(=O)N[C@H]3CCC[C@H](C)[C@@H]3C)ccc21. The Morgan fingerprint density at radius 3 is 2.76 bits per heavy atom. The number of benzene rings is 1. The number of rotatable bonds is 5. The molecule has 7 nitrogen and oxygen atoms in total. The van der Waals surface area contributed by atoms with Crippen LogP contribution in [0, 0.1) is 18.8 Å². The highest BCUT2D eigenvalue weighted by molar-refractivity contribution is 5.94. The first-order valence-corrected chi connectivity index (χ1v) is 10.3. The molecule has 3 atom stereocenters. The number of amides is 1. The highest BCUT2D eigenvalue weighted by atomic mass is 16.5. The number of nitrogens with zero attached hydrogens (tertiary/aromatic N) is 2. The van der Waals surface area contributed by atoms with E-state index in [9.17, 15) is 14.4 Å². The van der Waals surface area contributed by atoms with E-state index in [-0.39, 0.29) is 24.1 Å². The lowest BCUT2D eigenvalue weighted by Gasteiger charge is -2.34. The summed E-state index contributed by atoms with van der Waals surface area (Å²) < 4.78 is 6.82. The van der Waals surface area contributed by atoms with Gasteiger partial charge in [0.1, 0.15) is 5.69 Å². The molecule has 1 aliphatic rings. The number of aromatic nitrogens is 2. The number of hydrogen-bond acceptors (Lipinski definition) is 5. The van der Waals surface area contributed by atoms with Crippen LogP contribution in [0.2, 0.25) is 0 Å². The van der Waals surface area contributed by atoms with Gasteiger partial charge in [0.2, 0.25) is 0 Å². The van der Waals surface area contributed by atoms with Gasteiger partial charge < -0.3 is 14.6 Å². The van der Waals surface area contributed by atoms with E-state index < -0.39 is 5.97 Å². The van der Waals surface area contributed by atoms with E-state index in [1.54, 1.807) is 29.7 Å². The minimum atomic E-state index is -0.583. The van der Waals surface area contributed by atoms with E-state index in [4.69, 9.17) is 4.74 Å². The molecule has 0 aliphatic heterocycles. The second-order valence-electron chi connectivity index (χ2n) is 7.97. The quantitative estimate of drug-likeness (QED) is 0.781. The Morgan fingerprint density at radius 1 is 1.28 bits per heavy atom. The largest absolute Gasteiger partial charge is 0.452 e. The Balaban J connectivity index is 1.66. The smallest absolute Gasteiger partial charge is 0.338 e. The van der Waals surface area contributed by atoms with Crippen LogP contribution in [-0.4, -0.2) is 34.1 Å². The minimum Gasteiger partial charge on any atom is -0.452 e. The number of nitrogens with one attached hydrogen (secondary N) is 1. The highest BCUT2D eigenvalue weighted by Crippen LogP contribution is 2.29. The Hall–Kier alpha value is -2.70. The zero-order valence-electron chi connectivity index (χ0n) is 17.5. The van der Waals surface area contributed by atoms with Crippen LogP contribution < -0.4 is 10.9 Å². The number of esters is 1. The van der Waals surface area contributed by atoms with Crippen LogP contribution in [0.5, 0.6) is 0 Å². The lowest BCUT2D eigenvalue weighted by molar-refractivity contribution is -0.125. The molecule has 3 rings (SSSR count). The van der Waals surface area contributed by atoms with Crippen LogP contribution in [0.25, 0.3) is 11.0 Å². The number of aryl methyl sites for hydroxylation is 2. The van der Waals surface area contributed by atoms with Crippen molar-refractivity contribution in [1.82, 2.24) is 14.9 Å². The summed E-state index contributed by atoms with van der Waals surface area (Å²) in [7, 11) is 0. The molecular weight excluding hydrogens is 370 g/mol. The number of carbonyl (C=O) groups excluding carboxylic acids is 2. The third kappa shape index (κ3) is 4.49. The van der Waals surface area contributed by atoms with Crippen molar-refractivity contribution in [3.8, 4) is 0 Å². The van der Waals surface area contributed by atoms with E-state index in [0.717, 1.165) is 12.8 Å². The monoisotopic (exact) mass is 399 g/mol. The van der Waals surface area contributed by atoms with Crippen molar-refractivity contribution < 1.29 is 14.3 Å². The van der Waals surface area contributed by atoms with Crippen molar-refractivity contribution in [1.29, 1.82) is 0 Å². The van der Waals surface area contributed by atoms with Gasteiger partial charge in [-0.3, -0.25) is 9.59 Å². The lowest BCUT2D eigenvalue weighted by Crippen LogP contribution is -2.45. The molecule has 1 aliphatic carbocycles. The lowest BCUT2D eigenvalue weighted by atomic mass is 9.78. The number of ether oxygens (including phenoxy) is 1. The fourth-order valence-corrected chi connectivity index (χ4v) is 4.06. The predicted molar refractivity (Wildman–Crippen MR) is 111 cm³/mol. The molecule has 1 N–H and O–H groups in total. The summed E-state index contributed by atoms with van der Waals surface area (Å²) in [6.45, 7) is 8.10.